The SMILES string of the molecule is COc1cc(C=CC2C3=CCC4C(=O)NC(=O)C4C3CC3C(=O)NC(=O)C23)ccc1O. The lowest BCUT2D eigenvalue weighted by Gasteiger charge is -2.42. The van der Waals surface area contributed by atoms with Crippen LogP contribution in [0.25, 0.3) is 6.08 Å². The first-order valence-corrected chi connectivity index (χ1v) is 10.3. The van der Waals surface area contributed by atoms with Crippen molar-refractivity contribution in [3.63, 3.8) is 0 Å². The molecule has 6 unspecified atom stereocenters. The average Bonchev–Trinajstić information content (AvgIpc) is 3.21. The number of hydrogen-bond donors (Lipinski definition) is 3. The lowest BCUT2D eigenvalue weighted by molar-refractivity contribution is -0.128. The molecule has 0 spiro atoms. The van der Waals surface area contributed by atoms with Crippen LogP contribution in [0.3, 0.4) is 0 Å². The van der Waals surface area contributed by atoms with Crippen LogP contribution < -0.4 is 15.4 Å². The molecule has 4 aliphatic rings. The molecule has 2 aliphatic carbocycles. The van der Waals surface area contributed by atoms with E-state index in [1.54, 1.807) is 12.1 Å². The van der Waals surface area contributed by atoms with Crippen LogP contribution in [0.1, 0.15) is 18.4 Å². The number of aromatic hydroxyl groups is 1. The second-order valence-electron chi connectivity index (χ2n) is 8.57. The molecule has 6 atom stereocenters. The van der Waals surface area contributed by atoms with Gasteiger partial charge in [-0.05, 0) is 36.5 Å². The summed E-state index contributed by atoms with van der Waals surface area (Å²) >= 11 is 0. The topological polar surface area (TPSA) is 122 Å². The Morgan fingerprint density at radius 3 is 2.42 bits per heavy atom. The van der Waals surface area contributed by atoms with E-state index in [-0.39, 0.29) is 41.2 Å². The largest absolute Gasteiger partial charge is 0.504 e. The van der Waals surface area contributed by atoms with Crippen molar-refractivity contribution in [3.05, 3.63) is 41.5 Å². The maximum Gasteiger partial charge on any atom is 0.231 e. The van der Waals surface area contributed by atoms with E-state index in [1.165, 1.54) is 13.2 Å². The molecule has 0 bridgehead atoms. The number of nitrogens with one attached hydrogen (secondary N) is 2. The van der Waals surface area contributed by atoms with Gasteiger partial charge in [0.1, 0.15) is 0 Å². The van der Waals surface area contributed by atoms with Crippen molar-refractivity contribution in [1.29, 1.82) is 0 Å². The molecule has 2 saturated heterocycles. The number of rotatable bonds is 3. The van der Waals surface area contributed by atoms with E-state index in [9.17, 15) is 24.3 Å². The van der Waals surface area contributed by atoms with Crippen molar-refractivity contribution >= 4 is 29.7 Å². The molecule has 1 saturated carbocycles. The predicted octanol–water partition coefficient (Wildman–Crippen LogP) is 1.16. The summed E-state index contributed by atoms with van der Waals surface area (Å²) in [4.78, 5) is 49.8. The highest BCUT2D eigenvalue weighted by Gasteiger charge is 2.57. The molecule has 160 valence electrons. The summed E-state index contributed by atoms with van der Waals surface area (Å²) in [5.41, 5.74) is 1.71. The fourth-order valence-electron chi connectivity index (χ4n) is 5.68. The number of allylic oxidation sites excluding steroid dienone is 3. The molecule has 3 N–H and O–H groups in total. The standard InChI is InChI=1S/C23H22N2O6/c1-31-17-8-10(3-7-16(17)26)2-4-12-11-5-6-13-19(23(30)24-20(13)27)14(11)9-15-18(12)22(29)25-21(15)28/h2-5,7-8,12-15,18-19,26H,6,9H2,1H3,(H,24,27,30)(H,25,28,29). The number of phenols is 1. The summed E-state index contributed by atoms with van der Waals surface area (Å²) < 4.78 is 5.15. The Bertz CT molecular complexity index is 1070. The zero-order chi connectivity index (χ0) is 21.9. The number of phenolic OH excluding ortho intramolecular Hbond substituents is 1. The molecule has 2 aliphatic heterocycles. The van der Waals surface area contributed by atoms with E-state index in [0.717, 1.165) is 11.1 Å². The van der Waals surface area contributed by atoms with Crippen LogP contribution in [-0.4, -0.2) is 35.8 Å². The van der Waals surface area contributed by atoms with E-state index < -0.39 is 23.7 Å². The van der Waals surface area contributed by atoms with E-state index in [1.807, 2.05) is 18.2 Å². The molecule has 0 radical (unpaired) electrons. The molecule has 8 nitrogen and oxygen atoms in total. The number of carbonyl (C=O) groups is 4. The van der Waals surface area contributed by atoms with E-state index >= 15 is 0 Å². The van der Waals surface area contributed by atoms with Gasteiger partial charge in [0.15, 0.2) is 11.5 Å². The lowest BCUT2D eigenvalue weighted by atomic mass is 9.58. The lowest BCUT2D eigenvalue weighted by Crippen LogP contribution is -2.43. The number of ether oxygens (including phenoxy) is 1. The molecule has 8 heteroatoms. The maximum absolute atomic E-state index is 12.6. The van der Waals surface area contributed by atoms with Crippen LogP contribution in [0.15, 0.2) is 35.9 Å². The summed E-state index contributed by atoms with van der Waals surface area (Å²) in [7, 11) is 1.46. The van der Waals surface area contributed by atoms with E-state index in [4.69, 9.17) is 4.74 Å². The number of benzene rings is 1. The van der Waals surface area contributed by atoms with Gasteiger partial charge in [0.05, 0.1) is 30.8 Å². The summed E-state index contributed by atoms with van der Waals surface area (Å²) in [6.07, 6.45) is 6.51. The Morgan fingerprint density at radius 2 is 1.68 bits per heavy atom. The van der Waals surface area contributed by atoms with Gasteiger partial charge >= 0.3 is 0 Å². The van der Waals surface area contributed by atoms with Gasteiger partial charge in [-0.15, -0.1) is 0 Å². The van der Waals surface area contributed by atoms with Crippen LogP contribution in [-0.2, 0) is 19.2 Å². The van der Waals surface area contributed by atoms with Gasteiger partial charge in [-0.2, -0.15) is 0 Å². The molecule has 1 aromatic carbocycles. The molecule has 1 aromatic rings. The fourth-order valence-corrected chi connectivity index (χ4v) is 5.68. The highest BCUT2D eigenvalue weighted by molar-refractivity contribution is 6.07. The van der Waals surface area contributed by atoms with Gasteiger partial charge < -0.3 is 9.84 Å². The molecule has 0 aromatic heterocycles. The Labute approximate surface area is 178 Å². The Morgan fingerprint density at radius 1 is 0.968 bits per heavy atom. The Balaban J connectivity index is 1.54. The molecular formula is C23H22N2O6. The van der Waals surface area contributed by atoms with Crippen LogP contribution >= 0.6 is 0 Å². The number of fused-ring (bicyclic) bond motifs is 4. The summed E-state index contributed by atoms with van der Waals surface area (Å²) in [5, 5.41) is 14.7. The molecule has 2 heterocycles. The third kappa shape index (κ3) is 2.97. The quantitative estimate of drug-likeness (QED) is 0.496. The highest BCUT2D eigenvalue weighted by atomic mass is 16.5. The van der Waals surface area contributed by atoms with Crippen molar-refractivity contribution < 1.29 is 29.0 Å². The third-order valence-corrected chi connectivity index (χ3v) is 7.09. The number of hydrogen-bond acceptors (Lipinski definition) is 6. The summed E-state index contributed by atoms with van der Waals surface area (Å²) in [6.45, 7) is 0. The van der Waals surface area contributed by atoms with Gasteiger partial charge in [0.25, 0.3) is 0 Å². The monoisotopic (exact) mass is 422 g/mol. The Hall–Kier alpha value is -3.42. The smallest absolute Gasteiger partial charge is 0.231 e. The summed E-state index contributed by atoms with van der Waals surface area (Å²) in [5.74, 6) is -3.42. The van der Waals surface area contributed by atoms with Gasteiger partial charge in [0, 0.05) is 5.92 Å². The molecule has 4 amide bonds. The first kappa shape index (κ1) is 19.5. The van der Waals surface area contributed by atoms with Crippen molar-refractivity contribution in [2.24, 2.45) is 35.5 Å². The number of amides is 4. The van der Waals surface area contributed by atoms with Crippen LogP contribution in [0.4, 0.5) is 0 Å². The zero-order valence-corrected chi connectivity index (χ0v) is 16.8. The minimum Gasteiger partial charge on any atom is -0.504 e. The molecule has 3 fully saturated rings. The maximum atomic E-state index is 12.6. The second-order valence-corrected chi connectivity index (χ2v) is 8.57. The van der Waals surface area contributed by atoms with Crippen molar-refractivity contribution in [2.75, 3.05) is 7.11 Å². The first-order chi connectivity index (χ1) is 14.9. The summed E-state index contributed by atoms with van der Waals surface area (Å²) in [6, 6.07) is 4.92. The number of carbonyl (C=O) groups excluding carboxylic acids is 4. The second kappa shape index (κ2) is 7.08. The van der Waals surface area contributed by atoms with Gasteiger partial charge in [-0.3, -0.25) is 29.8 Å². The third-order valence-electron chi connectivity index (χ3n) is 7.09. The Kier molecular flexibility index (Phi) is 4.46. The molecular weight excluding hydrogens is 400 g/mol. The van der Waals surface area contributed by atoms with Gasteiger partial charge in [-0.25, -0.2) is 0 Å². The van der Waals surface area contributed by atoms with Crippen molar-refractivity contribution in [3.8, 4) is 11.5 Å². The first-order valence-electron chi connectivity index (χ1n) is 10.3. The zero-order valence-electron chi connectivity index (χ0n) is 16.8. The molecule has 31 heavy (non-hydrogen) atoms. The number of imide groups is 2. The van der Waals surface area contributed by atoms with Crippen molar-refractivity contribution in [2.45, 2.75) is 12.8 Å². The van der Waals surface area contributed by atoms with Gasteiger partial charge in [0.2, 0.25) is 23.6 Å². The fraction of sp³-hybridized carbons (Fsp3) is 0.391. The van der Waals surface area contributed by atoms with E-state index in [0.29, 0.717) is 18.6 Å². The van der Waals surface area contributed by atoms with Crippen LogP contribution in [0.5, 0.6) is 11.5 Å². The number of methoxy groups -OCH3 is 1. The highest BCUT2D eigenvalue weighted by Crippen LogP contribution is 2.53. The van der Waals surface area contributed by atoms with Gasteiger partial charge in [-0.1, -0.05) is 29.9 Å². The molecule has 5 rings (SSSR count). The average molecular weight is 422 g/mol. The normalized spacial score (nSPS) is 34.0. The van der Waals surface area contributed by atoms with E-state index in [2.05, 4.69) is 10.6 Å². The predicted molar refractivity (Wildman–Crippen MR) is 108 cm³/mol. The minimum atomic E-state index is -0.540. The van der Waals surface area contributed by atoms with Crippen LogP contribution in [0, 0.1) is 35.5 Å². The minimum absolute atomic E-state index is 0.0242. The van der Waals surface area contributed by atoms with Crippen molar-refractivity contribution in [1.82, 2.24) is 10.6 Å². The van der Waals surface area contributed by atoms with Crippen LogP contribution in [0.2, 0.25) is 0 Å².